The summed E-state index contributed by atoms with van der Waals surface area (Å²) in [5.74, 6) is 0.541. The van der Waals surface area contributed by atoms with Crippen molar-refractivity contribution in [1.29, 1.82) is 0 Å². The van der Waals surface area contributed by atoms with Crippen molar-refractivity contribution < 1.29 is 9.53 Å². The predicted molar refractivity (Wildman–Crippen MR) is 83.5 cm³/mol. The Kier molecular flexibility index (Phi) is 7.41. The van der Waals surface area contributed by atoms with Gasteiger partial charge in [0.15, 0.2) is 0 Å². The molecule has 0 aromatic heterocycles. The van der Waals surface area contributed by atoms with Gasteiger partial charge in [0.2, 0.25) is 0 Å². The number of carbonyl (C=O) groups excluding carboxylic acids is 1. The number of rotatable bonds is 7. The van der Waals surface area contributed by atoms with Crippen LogP contribution in [-0.2, 0) is 4.74 Å². The van der Waals surface area contributed by atoms with Crippen LogP contribution in [0.5, 0.6) is 0 Å². The molecule has 0 radical (unpaired) electrons. The minimum atomic E-state index is -0.209. The van der Waals surface area contributed by atoms with E-state index in [9.17, 15) is 4.79 Å². The second-order valence-corrected chi connectivity index (χ2v) is 5.60. The molecule has 5 heteroatoms. The van der Waals surface area contributed by atoms with Crippen LogP contribution in [0.3, 0.4) is 0 Å². The molecular formula is C15H23ClN2O2. The quantitative estimate of drug-likeness (QED) is 0.752. The Labute approximate surface area is 125 Å². The molecular weight excluding hydrogens is 276 g/mol. The van der Waals surface area contributed by atoms with Gasteiger partial charge in [-0.15, -0.1) is 0 Å². The van der Waals surface area contributed by atoms with E-state index in [1.807, 2.05) is 13.0 Å². The Morgan fingerprint density at radius 3 is 2.80 bits per heavy atom. The van der Waals surface area contributed by atoms with Crippen LogP contribution in [0.15, 0.2) is 18.2 Å². The van der Waals surface area contributed by atoms with Crippen LogP contribution in [0, 0.1) is 12.8 Å². The summed E-state index contributed by atoms with van der Waals surface area (Å²) in [6, 6.07) is 5.16. The largest absolute Gasteiger partial charge is 0.381 e. The summed E-state index contributed by atoms with van der Waals surface area (Å²) in [6.45, 7) is 8.15. The zero-order chi connectivity index (χ0) is 15.0. The van der Waals surface area contributed by atoms with Crippen LogP contribution < -0.4 is 10.6 Å². The Bertz CT molecular complexity index is 436. The van der Waals surface area contributed by atoms with E-state index in [0.29, 0.717) is 24.1 Å². The summed E-state index contributed by atoms with van der Waals surface area (Å²) in [7, 11) is 0. The zero-order valence-electron chi connectivity index (χ0n) is 12.3. The van der Waals surface area contributed by atoms with E-state index in [2.05, 4.69) is 24.5 Å². The van der Waals surface area contributed by atoms with Gasteiger partial charge in [-0.05, 0) is 43.0 Å². The van der Waals surface area contributed by atoms with Gasteiger partial charge in [-0.25, -0.2) is 4.79 Å². The van der Waals surface area contributed by atoms with E-state index in [4.69, 9.17) is 16.3 Å². The third kappa shape index (κ3) is 6.78. The van der Waals surface area contributed by atoms with E-state index < -0.39 is 0 Å². The van der Waals surface area contributed by atoms with E-state index in [-0.39, 0.29) is 6.03 Å². The number of urea groups is 1. The van der Waals surface area contributed by atoms with Crippen LogP contribution in [0.1, 0.15) is 25.8 Å². The molecule has 112 valence electrons. The number of anilines is 1. The number of hydrogen-bond acceptors (Lipinski definition) is 2. The molecule has 0 bridgehead atoms. The molecule has 20 heavy (non-hydrogen) atoms. The average molecular weight is 299 g/mol. The summed E-state index contributed by atoms with van der Waals surface area (Å²) >= 11 is 5.87. The molecule has 0 aliphatic heterocycles. The van der Waals surface area contributed by atoms with E-state index >= 15 is 0 Å². The Balaban J connectivity index is 2.20. The van der Waals surface area contributed by atoms with Crippen molar-refractivity contribution in [1.82, 2.24) is 5.32 Å². The van der Waals surface area contributed by atoms with E-state index in [1.165, 1.54) is 0 Å². The molecule has 1 aromatic carbocycles. The minimum Gasteiger partial charge on any atom is -0.381 e. The highest BCUT2D eigenvalue weighted by Crippen LogP contribution is 2.19. The molecule has 1 aromatic rings. The summed E-state index contributed by atoms with van der Waals surface area (Å²) in [4.78, 5) is 11.7. The van der Waals surface area contributed by atoms with Gasteiger partial charge in [-0.1, -0.05) is 25.4 Å². The number of nitrogens with one attached hydrogen (secondary N) is 2. The first-order valence-electron chi connectivity index (χ1n) is 6.87. The van der Waals surface area contributed by atoms with Crippen molar-refractivity contribution >= 4 is 23.3 Å². The summed E-state index contributed by atoms with van der Waals surface area (Å²) in [6.07, 6.45) is 0.805. The first kappa shape index (κ1) is 16.8. The summed E-state index contributed by atoms with van der Waals surface area (Å²) in [5, 5.41) is 6.26. The Hall–Kier alpha value is -1.26. The first-order chi connectivity index (χ1) is 9.49. The van der Waals surface area contributed by atoms with Crippen LogP contribution in [-0.4, -0.2) is 25.8 Å². The van der Waals surface area contributed by atoms with Gasteiger partial charge in [0.25, 0.3) is 0 Å². The minimum absolute atomic E-state index is 0.209. The van der Waals surface area contributed by atoms with Gasteiger partial charge in [0, 0.05) is 30.5 Å². The number of ether oxygens (including phenoxy) is 1. The second kappa shape index (κ2) is 8.82. The maximum atomic E-state index is 11.7. The van der Waals surface area contributed by atoms with E-state index in [1.54, 1.807) is 12.1 Å². The zero-order valence-corrected chi connectivity index (χ0v) is 13.1. The highest BCUT2D eigenvalue weighted by molar-refractivity contribution is 6.30. The number of hydrogen-bond donors (Lipinski definition) is 2. The van der Waals surface area contributed by atoms with Gasteiger partial charge in [0.1, 0.15) is 0 Å². The molecule has 0 atom stereocenters. The monoisotopic (exact) mass is 298 g/mol. The van der Waals surface area contributed by atoms with Crippen molar-refractivity contribution in [3.63, 3.8) is 0 Å². The molecule has 0 heterocycles. The highest BCUT2D eigenvalue weighted by atomic mass is 35.5. The van der Waals surface area contributed by atoms with Crippen molar-refractivity contribution in [3.8, 4) is 0 Å². The Morgan fingerprint density at radius 1 is 1.40 bits per heavy atom. The van der Waals surface area contributed by atoms with Gasteiger partial charge in [-0.3, -0.25) is 0 Å². The second-order valence-electron chi connectivity index (χ2n) is 5.16. The molecule has 0 spiro atoms. The van der Waals surface area contributed by atoms with Crippen LogP contribution in [0.25, 0.3) is 0 Å². The molecule has 0 fully saturated rings. The van der Waals surface area contributed by atoms with Crippen LogP contribution >= 0.6 is 11.6 Å². The molecule has 2 amide bonds. The van der Waals surface area contributed by atoms with Gasteiger partial charge in [-0.2, -0.15) is 0 Å². The van der Waals surface area contributed by atoms with Crippen molar-refractivity contribution in [2.24, 2.45) is 5.92 Å². The third-order valence-corrected chi connectivity index (χ3v) is 2.87. The van der Waals surface area contributed by atoms with Gasteiger partial charge >= 0.3 is 6.03 Å². The molecule has 1 rings (SSSR count). The number of aryl methyl sites for hydroxylation is 1. The molecule has 0 aliphatic rings. The van der Waals surface area contributed by atoms with Crippen LogP contribution in [0.4, 0.5) is 10.5 Å². The SMILES string of the molecule is Cc1cc(Cl)ccc1NC(=O)NCCCOCC(C)C. The predicted octanol–water partition coefficient (Wildman–Crippen LogP) is 3.83. The Morgan fingerprint density at radius 2 is 2.15 bits per heavy atom. The lowest BCUT2D eigenvalue weighted by Gasteiger charge is -2.10. The lowest BCUT2D eigenvalue weighted by Crippen LogP contribution is -2.30. The molecule has 0 aliphatic carbocycles. The van der Waals surface area contributed by atoms with Gasteiger partial charge < -0.3 is 15.4 Å². The van der Waals surface area contributed by atoms with Crippen molar-refractivity contribution in [2.45, 2.75) is 27.2 Å². The molecule has 0 unspecified atom stereocenters. The highest BCUT2D eigenvalue weighted by Gasteiger charge is 2.04. The molecule has 0 saturated carbocycles. The number of benzene rings is 1. The summed E-state index contributed by atoms with van der Waals surface area (Å²) < 4.78 is 5.44. The van der Waals surface area contributed by atoms with Crippen molar-refractivity contribution in [3.05, 3.63) is 28.8 Å². The van der Waals surface area contributed by atoms with Gasteiger partial charge in [0.05, 0.1) is 0 Å². The smallest absolute Gasteiger partial charge is 0.319 e. The fraction of sp³-hybridized carbons (Fsp3) is 0.533. The van der Waals surface area contributed by atoms with E-state index in [0.717, 1.165) is 24.3 Å². The maximum absolute atomic E-state index is 11.7. The topological polar surface area (TPSA) is 50.4 Å². The van der Waals surface area contributed by atoms with Crippen LogP contribution in [0.2, 0.25) is 5.02 Å². The normalized spacial score (nSPS) is 10.7. The standard InChI is InChI=1S/C15H23ClN2O2/c1-11(2)10-20-8-4-7-17-15(19)18-14-6-5-13(16)9-12(14)3/h5-6,9,11H,4,7-8,10H2,1-3H3,(H2,17,18,19). The lowest BCUT2D eigenvalue weighted by atomic mass is 10.2. The third-order valence-electron chi connectivity index (χ3n) is 2.64. The number of halogens is 1. The molecule has 4 nitrogen and oxygen atoms in total. The maximum Gasteiger partial charge on any atom is 0.319 e. The molecule has 2 N–H and O–H groups in total. The van der Waals surface area contributed by atoms with Crippen molar-refractivity contribution in [2.75, 3.05) is 25.1 Å². The fourth-order valence-electron chi connectivity index (χ4n) is 1.63. The molecule has 0 saturated heterocycles. The fourth-order valence-corrected chi connectivity index (χ4v) is 1.86. The summed E-state index contributed by atoms with van der Waals surface area (Å²) in [5.41, 5.74) is 1.70. The number of carbonyl (C=O) groups is 1. The lowest BCUT2D eigenvalue weighted by molar-refractivity contribution is 0.108. The first-order valence-corrected chi connectivity index (χ1v) is 7.25. The number of amides is 2. The average Bonchev–Trinajstić information content (AvgIpc) is 2.36.